The molecule has 0 aliphatic rings. The summed E-state index contributed by atoms with van der Waals surface area (Å²) in [6.45, 7) is 4.07. The van der Waals surface area contributed by atoms with Crippen molar-refractivity contribution in [3.8, 4) is 0 Å². The Hall–Kier alpha value is -2.42. The highest BCUT2D eigenvalue weighted by Gasteiger charge is 2.20. The molecule has 0 aliphatic carbocycles. The fourth-order valence-electron chi connectivity index (χ4n) is 2.43. The number of nitro groups is 1. The molecule has 0 fully saturated rings. The summed E-state index contributed by atoms with van der Waals surface area (Å²) in [7, 11) is 1.76. The summed E-state index contributed by atoms with van der Waals surface area (Å²) in [5, 5.41) is 22.5. The Bertz CT molecular complexity index is 778. The molecule has 1 amide bonds. The molecule has 1 aromatic heterocycles. The Kier molecular flexibility index (Phi) is 7.14. The van der Waals surface area contributed by atoms with Crippen LogP contribution in [0, 0.1) is 10.1 Å². The number of nitrogens with zero attached hydrogens (tertiary/aromatic N) is 4. The maximum atomic E-state index is 12.4. The number of nitro benzene ring substituents is 1. The number of aromatic nitrogens is 3. The summed E-state index contributed by atoms with van der Waals surface area (Å²) >= 11 is 1.14. The second-order valence-corrected chi connectivity index (χ2v) is 7.15. The van der Waals surface area contributed by atoms with Crippen LogP contribution in [0.3, 0.4) is 0 Å². The molecule has 1 unspecified atom stereocenters. The second kappa shape index (κ2) is 9.33. The van der Waals surface area contributed by atoms with Crippen LogP contribution in [0.25, 0.3) is 0 Å². The first-order valence-corrected chi connectivity index (χ1v) is 9.35. The zero-order valence-corrected chi connectivity index (χ0v) is 16.0. The van der Waals surface area contributed by atoms with Gasteiger partial charge in [-0.25, -0.2) is 0 Å². The molecule has 0 aliphatic heterocycles. The van der Waals surface area contributed by atoms with E-state index in [4.69, 9.17) is 0 Å². The molecule has 1 N–H and O–H groups in total. The van der Waals surface area contributed by atoms with Crippen LogP contribution in [0.5, 0.6) is 0 Å². The molecule has 140 valence electrons. The quantitative estimate of drug-likeness (QED) is 0.407. The molecule has 0 radical (unpaired) electrons. The maximum absolute atomic E-state index is 12.4. The highest BCUT2D eigenvalue weighted by molar-refractivity contribution is 7.99. The van der Waals surface area contributed by atoms with Gasteiger partial charge in [-0.1, -0.05) is 26.2 Å². The highest BCUT2D eigenvalue weighted by atomic mass is 32.2. The van der Waals surface area contributed by atoms with Crippen molar-refractivity contribution in [3.05, 3.63) is 40.2 Å². The number of hydrogen-bond acceptors (Lipinski definition) is 6. The van der Waals surface area contributed by atoms with Gasteiger partial charge in [0.1, 0.15) is 6.33 Å². The number of unbranched alkanes of at least 4 members (excludes halogenated alkanes) is 2. The molecule has 1 aromatic carbocycles. The lowest BCUT2D eigenvalue weighted by Crippen LogP contribution is -2.32. The summed E-state index contributed by atoms with van der Waals surface area (Å²) < 4.78 is 1.67. The van der Waals surface area contributed by atoms with E-state index < -0.39 is 4.92 Å². The summed E-state index contributed by atoms with van der Waals surface area (Å²) in [6.07, 6.45) is 5.71. The van der Waals surface area contributed by atoms with Crippen molar-refractivity contribution in [1.82, 2.24) is 20.1 Å². The van der Waals surface area contributed by atoms with Gasteiger partial charge < -0.3 is 9.88 Å². The van der Waals surface area contributed by atoms with Crippen LogP contribution in [-0.2, 0) is 7.05 Å². The Balaban J connectivity index is 2.13. The third-order valence-electron chi connectivity index (χ3n) is 3.91. The summed E-state index contributed by atoms with van der Waals surface area (Å²) in [5.41, 5.74) is 0.158. The molecule has 2 aromatic rings. The topological polar surface area (TPSA) is 103 Å². The fraction of sp³-hybridized carbons (Fsp3) is 0.471. The zero-order valence-electron chi connectivity index (χ0n) is 15.1. The third-order valence-corrected chi connectivity index (χ3v) is 5.02. The minimum Gasteiger partial charge on any atom is -0.350 e. The van der Waals surface area contributed by atoms with Crippen LogP contribution in [0.1, 0.15) is 49.9 Å². The number of carbonyl (C=O) groups excluding carboxylic acids is 1. The van der Waals surface area contributed by atoms with E-state index >= 15 is 0 Å². The van der Waals surface area contributed by atoms with Gasteiger partial charge in [-0.3, -0.25) is 14.9 Å². The van der Waals surface area contributed by atoms with Crippen LogP contribution in [-0.4, -0.2) is 31.6 Å². The minimum absolute atomic E-state index is 0.0285. The van der Waals surface area contributed by atoms with E-state index in [1.54, 1.807) is 23.7 Å². The number of benzene rings is 1. The van der Waals surface area contributed by atoms with Crippen LogP contribution in [0.2, 0.25) is 0 Å². The van der Waals surface area contributed by atoms with Crippen molar-refractivity contribution in [2.75, 3.05) is 0 Å². The van der Waals surface area contributed by atoms with Gasteiger partial charge in [0.2, 0.25) is 0 Å². The zero-order chi connectivity index (χ0) is 19.1. The van der Waals surface area contributed by atoms with Gasteiger partial charge >= 0.3 is 0 Å². The first-order chi connectivity index (χ1) is 12.4. The van der Waals surface area contributed by atoms with Crippen molar-refractivity contribution in [3.63, 3.8) is 0 Å². The average molecular weight is 377 g/mol. The van der Waals surface area contributed by atoms with Crippen LogP contribution >= 0.6 is 11.8 Å². The molecule has 8 nitrogen and oxygen atoms in total. The number of hydrogen-bond donors (Lipinski definition) is 1. The van der Waals surface area contributed by atoms with Crippen LogP contribution < -0.4 is 5.32 Å². The van der Waals surface area contributed by atoms with E-state index in [-0.39, 0.29) is 23.2 Å². The standard InChI is InChI=1S/C17H23N5O3S/c1-4-5-6-7-12(2)19-16(23)13-8-9-15(14(10-13)22(24)25)26-17-20-18-11-21(17)3/h8-12H,4-7H2,1-3H3,(H,19,23). The normalized spacial score (nSPS) is 12.0. The molecule has 0 bridgehead atoms. The van der Waals surface area contributed by atoms with Gasteiger partial charge in [-0.05, 0) is 37.2 Å². The molecular formula is C17H23N5O3S. The lowest BCUT2D eigenvalue weighted by molar-refractivity contribution is -0.387. The van der Waals surface area contributed by atoms with Gasteiger partial charge in [0, 0.05) is 24.7 Å². The van der Waals surface area contributed by atoms with Gasteiger partial charge in [0.15, 0.2) is 5.16 Å². The highest BCUT2D eigenvalue weighted by Crippen LogP contribution is 2.34. The van der Waals surface area contributed by atoms with E-state index in [9.17, 15) is 14.9 Å². The van der Waals surface area contributed by atoms with E-state index in [1.165, 1.54) is 12.4 Å². The van der Waals surface area contributed by atoms with Gasteiger partial charge in [0.05, 0.1) is 9.82 Å². The predicted octanol–water partition coefficient (Wildman–Crippen LogP) is 3.57. The summed E-state index contributed by atoms with van der Waals surface area (Å²) in [5.74, 6) is -0.299. The van der Waals surface area contributed by atoms with Crippen molar-refractivity contribution < 1.29 is 9.72 Å². The predicted molar refractivity (Wildman–Crippen MR) is 99.3 cm³/mol. The first-order valence-electron chi connectivity index (χ1n) is 8.53. The molecule has 9 heteroatoms. The molecule has 0 spiro atoms. The van der Waals surface area contributed by atoms with E-state index in [1.807, 2.05) is 6.92 Å². The van der Waals surface area contributed by atoms with Crippen molar-refractivity contribution in [2.24, 2.45) is 7.05 Å². The number of amides is 1. The Labute approximate surface area is 156 Å². The lowest BCUT2D eigenvalue weighted by atomic mass is 10.1. The van der Waals surface area contributed by atoms with E-state index in [0.717, 1.165) is 37.4 Å². The summed E-state index contributed by atoms with van der Waals surface area (Å²) in [6, 6.07) is 4.52. The lowest BCUT2D eigenvalue weighted by Gasteiger charge is -2.14. The fourth-order valence-corrected chi connectivity index (χ4v) is 3.28. The molecule has 0 saturated heterocycles. The van der Waals surface area contributed by atoms with E-state index in [2.05, 4.69) is 22.4 Å². The van der Waals surface area contributed by atoms with Crippen molar-refractivity contribution >= 4 is 23.4 Å². The molecule has 2 rings (SSSR count). The Morgan fingerprint density at radius 3 is 2.81 bits per heavy atom. The smallest absolute Gasteiger partial charge is 0.284 e. The molecule has 1 heterocycles. The number of rotatable bonds is 9. The van der Waals surface area contributed by atoms with Crippen LogP contribution in [0.15, 0.2) is 34.6 Å². The Morgan fingerprint density at radius 1 is 1.42 bits per heavy atom. The average Bonchev–Trinajstić information content (AvgIpc) is 3.00. The largest absolute Gasteiger partial charge is 0.350 e. The third kappa shape index (κ3) is 5.29. The van der Waals surface area contributed by atoms with Gasteiger partial charge in [0.25, 0.3) is 11.6 Å². The first kappa shape index (κ1) is 19.9. The second-order valence-electron chi connectivity index (χ2n) is 6.14. The molecule has 26 heavy (non-hydrogen) atoms. The minimum atomic E-state index is -0.486. The molecule has 1 atom stereocenters. The number of nitrogens with one attached hydrogen (secondary N) is 1. The van der Waals surface area contributed by atoms with Crippen LogP contribution in [0.4, 0.5) is 5.69 Å². The summed E-state index contributed by atoms with van der Waals surface area (Å²) in [4.78, 5) is 23.7. The maximum Gasteiger partial charge on any atom is 0.284 e. The monoisotopic (exact) mass is 377 g/mol. The van der Waals surface area contributed by atoms with Crippen molar-refractivity contribution in [2.45, 2.75) is 55.6 Å². The molecule has 0 saturated carbocycles. The van der Waals surface area contributed by atoms with E-state index in [0.29, 0.717) is 10.1 Å². The SMILES string of the molecule is CCCCCC(C)NC(=O)c1ccc(Sc2nncn2C)c([N+](=O)[O-])c1. The molecular weight excluding hydrogens is 354 g/mol. The van der Waals surface area contributed by atoms with Gasteiger partial charge in [-0.15, -0.1) is 10.2 Å². The number of carbonyl (C=O) groups is 1. The Morgan fingerprint density at radius 2 is 2.19 bits per heavy atom. The number of aryl methyl sites for hydroxylation is 1. The van der Waals surface area contributed by atoms with Gasteiger partial charge in [-0.2, -0.15) is 0 Å². The van der Waals surface area contributed by atoms with Crippen molar-refractivity contribution in [1.29, 1.82) is 0 Å².